The van der Waals surface area contributed by atoms with E-state index in [1.807, 2.05) is 0 Å². The second kappa shape index (κ2) is 4.04. The van der Waals surface area contributed by atoms with E-state index in [0.717, 1.165) is 0 Å². The maximum Gasteiger partial charge on any atom is 0.343 e. The number of aliphatic carboxylic acids is 1. The Kier molecular flexibility index (Phi) is 2.73. The van der Waals surface area contributed by atoms with Crippen molar-refractivity contribution in [2.24, 2.45) is 0 Å². The molecular weight excluding hydrogens is 214 g/mol. The zero-order valence-electron chi connectivity index (χ0n) is 8.41. The molecule has 0 saturated carbocycles. The molecule has 1 atom stereocenters. The molecule has 0 heterocycles. The van der Waals surface area contributed by atoms with Gasteiger partial charge in [0, 0.05) is 5.57 Å². The zero-order chi connectivity index (χ0) is 11.7. The second-order valence-corrected chi connectivity index (χ2v) is 3.70. The van der Waals surface area contributed by atoms with Crippen molar-refractivity contribution in [1.29, 1.82) is 0 Å². The lowest BCUT2D eigenvalue weighted by molar-refractivity contribution is -0.140. The summed E-state index contributed by atoms with van der Waals surface area (Å²) in [5.41, 5.74) is 1.30. The molecule has 0 fully saturated rings. The van der Waals surface area contributed by atoms with Gasteiger partial charge in [-0.2, -0.15) is 0 Å². The van der Waals surface area contributed by atoms with E-state index in [-0.39, 0.29) is 11.4 Å². The number of hydrogen-bond donors (Lipinski definition) is 1. The van der Waals surface area contributed by atoms with Gasteiger partial charge in [0.1, 0.15) is 5.82 Å². The van der Waals surface area contributed by atoms with Crippen LogP contribution in [0.5, 0.6) is 0 Å². The van der Waals surface area contributed by atoms with Gasteiger partial charge in [-0.25, -0.2) is 13.6 Å². The quantitative estimate of drug-likeness (QED) is 0.838. The average Bonchev–Trinajstić information content (AvgIpc) is 2.26. The molecule has 0 aromatic heterocycles. The van der Waals surface area contributed by atoms with Crippen LogP contribution in [-0.2, 0) is 11.2 Å². The summed E-state index contributed by atoms with van der Waals surface area (Å²) < 4.78 is 26.4. The van der Waals surface area contributed by atoms with E-state index < -0.39 is 12.1 Å². The Hall–Kier alpha value is -1.71. The standard InChI is InChI=1S/C12H10F2O2/c13-8-4-5-9-7(6-8)2-1-3-10(9)11(14)12(15)16/h3-6,11H,1-2H2,(H,15,16). The monoisotopic (exact) mass is 224 g/mol. The molecule has 0 bridgehead atoms. The molecule has 16 heavy (non-hydrogen) atoms. The smallest absolute Gasteiger partial charge is 0.343 e. The van der Waals surface area contributed by atoms with Crippen molar-refractivity contribution in [1.82, 2.24) is 0 Å². The molecule has 0 aliphatic heterocycles. The predicted molar refractivity (Wildman–Crippen MR) is 55.2 cm³/mol. The first kappa shape index (κ1) is 10.8. The Labute approximate surface area is 91.2 Å². The zero-order valence-corrected chi connectivity index (χ0v) is 8.41. The molecule has 1 unspecified atom stereocenters. The fourth-order valence-electron chi connectivity index (χ4n) is 1.92. The number of allylic oxidation sites excluding steroid dienone is 1. The number of halogens is 2. The van der Waals surface area contributed by atoms with E-state index >= 15 is 0 Å². The van der Waals surface area contributed by atoms with Crippen LogP contribution in [0.15, 0.2) is 24.3 Å². The number of alkyl halides is 1. The van der Waals surface area contributed by atoms with Crippen molar-refractivity contribution in [2.45, 2.75) is 19.0 Å². The highest BCUT2D eigenvalue weighted by Gasteiger charge is 2.26. The molecule has 2 nitrogen and oxygen atoms in total. The van der Waals surface area contributed by atoms with Crippen LogP contribution in [0, 0.1) is 5.82 Å². The van der Waals surface area contributed by atoms with Gasteiger partial charge in [0.2, 0.25) is 6.17 Å². The molecule has 2 rings (SSSR count). The Morgan fingerprint density at radius 1 is 1.44 bits per heavy atom. The predicted octanol–water partition coefficient (Wildman–Crippen LogP) is 2.58. The summed E-state index contributed by atoms with van der Waals surface area (Å²) >= 11 is 0. The third-order valence-corrected chi connectivity index (χ3v) is 2.65. The number of fused-ring (bicyclic) bond motifs is 1. The molecule has 4 heteroatoms. The summed E-state index contributed by atoms with van der Waals surface area (Å²) in [6.07, 6.45) is 0.686. The fraction of sp³-hybridized carbons (Fsp3) is 0.250. The molecule has 1 aliphatic rings. The van der Waals surface area contributed by atoms with E-state index in [0.29, 0.717) is 24.0 Å². The number of rotatable bonds is 2. The van der Waals surface area contributed by atoms with E-state index in [4.69, 9.17) is 5.11 Å². The summed E-state index contributed by atoms with van der Waals surface area (Å²) in [5, 5.41) is 8.62. The van der Waals surface area contributed by atoms with Crippen molar-refractivity contribution in [3.8, 4) is 0 Å². The van der Waals surface area contributed by atoms with Crippen molar-refractivity contribution in [3.63, 3.8) is 0 Å². The summed E-state index contributed by atoms with van der Waals surface area (Å²) in [6, 6.07) is 3.98. The van der Waals surface area contributed by atoms with E-state index in [1.165, 1.54) is 18.2 Å². The highest BCUT2D eigenvalue weighted by atomic mass is 19.1. The Morgan fingerprint density at radius 2 is 2.19 bits per heavy atom. The van der Waals surface area contributed by atoms with Crippen LogP contribution >= 0.6 is 0 Å². The lowest BCUT2D eigenvalue weighted by atomic mass is 9.88. The van der Waals surface area contributed by atoms with Crippen LogP contribution < -0.4 is 0 Å². The summed E-state index contributed by atoms with van der Waals surface area (Å²) in [7, 11) is 0. The highest BCUT2D eigenvalue weighted by Crippen LogP contribution is 2.30. The van der Waals surface area contributed by atoms with Gasteiger partial charge in [0.15, 0.2) is 0 Å². The number of carboxylic acids is 1. The van der Waals surface area contributed by atoms with Gasteiger partial charge in [-0.3, -0.25) is 0 Å². The minimum Gasteiger partial charge on any atom is -0.479 e. The second-order valence-electron chi connectivity index (χ2n) is 3.70. The minimum atomic E-state index is -2.04. The van der Waals surface area contributed by atoms with Gasteiger partial charge in [0.05, 0.1) is 0 Å². The van der Waals surface area contributed by atoms with Crippen LogP contribution in [0.2, 0.25) is 0 Å². The molecule has 1 aromatic carbocycles. The molecule has 0 radical (unpaired) electrons. The van der Waals surface area contributed by atoms with Crippen LogP contribution in [0.3, 0.4) is 0 Å². The SMILES string of the molecule is O=C(O)C(F)C1=CCCc2cc(F)ccc21. The molecule has 84 valence electrons. The first-order valence-corrected chi connectivity index (χ1v) is 4.95. The average molecular weight is 224 g/mol. The number of aryl methyl sites for hydroxylation is 1. The largest absolute Gasteiger partial charge is 0.479 e. The van der Waals surface area contributed by atoms with Gasteiger partial charge < -0.3 is 5.11 Å². The third kappa shape index (κ3) is 1.83. The number of carboxylic acid groups (broad SMARTS) is 1. The Bertz CT molecular complexity index is 466. The fourth-order valence-corrected chi connectivity index (χ4v) is 1.92. The third-order valence-electron chi connectivity index (χ3n) is 2.65. The van der Waals surface area contributed by atoms with E-state index in [9.17, 15) is 13.6 Å². The van der Waals surface area contributed by atoms with Crippen LogP contribution in [-0.4, -0.2) is 17.2 Å². The Morgan fingerprint density at radius 3 is 2.88 bits per heavy atom. The Balaban J connectivity index is 2.44. The minimum absolute atomic E-state index is 0.133. The normalized spacial score (nSPS) is 16.2. The molecular formula is C12H10F2O2. The van der Waals surface area contributed by atoms with Gasteiger partial charge in [-0.15, -0.1) is 0 Å². The lowest BCUT2D eigenvalue weighted by Gasteiger charge is -2.18. The highest BCUT2D eigenvalue weighted by molar-refractivity contribution is 5.91. The van der Waals surface area contributed by atoms with Crippen molar-refractivity contribution < 1.29 is 18.7 Å². The molecule has 0 saturated heterocycles. The number of carbonyl (C=O) groups is 1. The van der Waals surface area contributed by atoms with Crippen molar-refractivity contribution in [2.75, 3.05) is 0 Å². The van der Waals surface area contributed by atoms with Crippen LogP contribution in [0.1, 0.15) is 17.5 Å². The lowest BCUT2D eigenvalue weighted by Crippen LogP contribution is -2.19. The van der Waals surface area contributed by atoms with Crippen LogP contribution in [0.4, 0.5) is 8.78 Å². The van der Waals surface area contributed by atoms with Gasteiger partial charge in [0.25, 0.3) is 0 Å². The first-order valence-electron chi connectivity index (χ1n) is 4.95. The van der Waals surface area contributed by atoms with Crippen LogP contribution in [0.25, 0.3) is 5.57 Å². The summed E-state index contributed by atoms with van der Waals surface area (Å²) in [6.45, 7) is 0. The number of benzene rings is 1. The molecule has 1 aromatic rings. The molecule has 1 aliphatic carbocycles. The van der Waals surface area contributed by atoms with E-state index in [1.54, 1.807) is 6.08 Å². The number of hydrogen-bond acceptors (Lipinski definition) is 1. The van der Waals surface area contributed by atoms with E-state index in [2.05, 4.69) is 0 Å². The van der Waals surface area contributed by atoms with Gasteiger partial charge in [-0.05, 0) is 36.1 Å². The summed E-state index contributed by atoms with van der Waals surface area (Å²) in [5.74, 6) is -1.89. The molecule has 0 amide bonds. The molecule has 1 N–H and O–H groups in total. The molecule has 0 spiro atoms. The van der Waals surface area contributed by atoms with Crippen molar-refractivity contribution in [3.05, 3.63) is 41.2 Å². The van der Waals surface area contributed by atoms with Gasteiger partial charge in [-0.1, -0.05) is 12.1 Å². The topological polar surface area (TPSA) is 37.3 Å². The maximum atomic E-state index is 13.4. The van der Waals surface area contributed by atoms with Crippen molar-refractivity contribution >= 4 is 11.5 Å². The first-order chi connectivity index (χ1) is 7.59. The van der Waals surface area contributed by atoms with Gasteiger partial charge >= 0.3 is 5.97 Å². The maximum absolute atomic E-state index is 13.4. The summed E-state index contributed by atoms with van der Waals surface area (Å²) in [4.78, 5) is 10.6.